The zero-order valence-corrected chi connectivity index (χ0v) is 13.9. The molecule has 0 amide bonds. The van der Waals surface area contributed by atoms with Crippen LogP contribution >= 0.6 is 11.6 Å². The van der Waals surface area contributed by atoms with Crippen LogP contribution in [-0.4, -0.2) is 25.3 Å². The molecule has 1 aromatic carbocycles. The molecule has 0 aromatic heterocycles. The largest absolute Gasteiger partial charge is 0.381 e. The molecule has 1 aliphatic heterocycles. The molecule has 0 spiro atoms. The van der Waals surface area contributed by atoms with Gasteiger partial charge in [-0.15, -0.1) is 0 Å². The predicted octanol–water partition coefficient (Wildman–Crippen LogP) is 4.21. The van der Waals surface area contributed by atoms with E-state index < -0.39 is 0 Å². The zero-order valence-electron chi connectivity index (χ0n) is 13.1. The van der Waals surface area contributed by atoms with Crippen molar-refractivity contribution in [2.75, 3.05) is 19.8 Å². The van der Waals surface area contributed by atoms with Gasteiger partial charge in [0.2, 0.25) is 0 Å². The third-order valence-corrected chi connectivity index (χ3v) is 4.44. The number of ether oxygens (including phenoxy) is 1. The molecular weight excluding hydrogens is 289 g/mol. The van der Waals surface area contributed by atoms with Crippen LogP contribution in [0.3, 0.4) is 0 Å². The van der Waals surface area contributed by atoms with Gasteiger partial charge in [0, 0.05) is 25.3 Å². The SMILES string of the molecule is CC(C)(C)NCC1(Cc2cccc(Cl)c2F)CCOCC1. The zero-order chi connectivity index (χ0) is 15.5. The van der Waals surface area contributed by atoms with Crippen molar-refractivity contribution in [2.24, 2.45) is 5.41 Å². The lowest BCUT2D eigenvalue weighted by atomic mass is 9.74. The van der Waals surface area contributed by atoms with Gasteiger partial charge in [-0.25, -0.2) is 4.39 Å². The van der Waals surface area contributed by atoms with Crippen LogP contribution in [-0.2, 0) is 11.2 Å². The first-order chi connectivity index (χ1) is 9.81. The topological polar surface area (TPSA) is 21.3 Å². The summed E-state index contributed by atoms with van der Waals surface area (Å²) in [6.07, 6.45) is 2.59. The lowest BCUT2D eigenvalue weighted by molar-refractivity contribution is 0.0117. The summed E-state index contributed by atoms with van der Waals surface area (Å²) in [5.41, 5.74) is 0.801. The van der Waals surface area contributed by atoms with Crippen LogP contribution in [0.2, 0.25) is 5.02 Å². The van der Waals surface area contributed by atoms with Gasteiger partial charge in [-0.1, -0.05) is 23.7 Å². The molecule has 0 aliphatic carbocycles. The quantitative estimate of drug-likeness (QED) is 0.899. The van der Waals surface area contributed by atoms with Crippen LogP contribution in [0, 0.1) is 11.2 Å². The van der Waals surface area contributed by atoms with Gasteiger partial charge >= 0.3 is 0 Å². The number of nitrogens with one attached hydrogen (secondary N) is 1. The smallest absolute Gasteiger partial charge is 0.144 e. The fourth-order valence-corrected chi connectivity index (χ4v) is 2.96. The van der Waals surface area contributed by atoms with Crippen LogP contribution in [0.4, 0.5) is 4.39 Å². The average molecular weight is 314 g/mol. The molecule has 21 heavy (non-hydrogen) atoms. The number of halogens is 2. The molecule has 0 radical (unpaired) electrons. The molecule has 2 nitrogen and oxygen atoms in total. The second kappa shape index (κ2) is 6.64. The summed E-state index contributed by atoms with van der Waals surface area (Å²) in [4.78, 5) is 0. The molecule has 0 unspecified atom stereocenters. The number of hydrogen-bond donors (Lipinski definition) is 1. The highest BCUT2D eigenvalue weighted by atomic mass is 35.5. The van der Waals surface area contributed by atoms with E-state index in [0.717, 1.165) is 32.6 Å². The Morgan fingerprint density at radius 2 is 1.95 bits per heavy atom. The summed E-state index contributed by atoms with van der Waals surface area (Å²) in [6, 6.07) is 5.27. The Bertz CT molecular complexity index is 478. The molecule has 1 saturated heterocycles. The van der Waals surface area contributed by atoms with Gasteiger partial charge in [-0.05, 0) is 57.1 Å². The van der Waals surface area contributed by atoms with E-state index in [2.05, 4.69) is 26.1 Å². The second-order valence-corrected chi connectivity index (χ2v) is 7.51. The van der Waals surface area contributed by atoms with E-state index in [4.69, 9.17) is 16.3 Å². The van der Waals surface area contributed by atoms with Gasteiger partial charge in [0.15, 0.2) is 0 Å². The predicted molar refractivity (Wildman–Crippen MR) is 85.4 cm³/mol. The van der Waals surface area contributed by atoms with Crippen molar-refractivity contribution in [3.05, 3.63) is 34.6 Å². The first-order valence-corrected chi connectivity index (χ1v) is 7.95. The van der Waals surface area contributed by atoms with Crippen LogP contribution < -0.4 is 5.32 Å². The van der Waals surface area contributed by atoms with Crippen molar-refractivity contribution in [1.29, 1.82) is 0 Å². The molecule has 1 N–H and O–H groups in total. The summed E-state index contributed by atoms with van der Waals surface area (Å²) in [5.74, 6) is -0.277. The van der Waals surface area contributed by atoms with Gasteiger partial charge in [0.05, 0.1) is 5.02 Å². The maximum Gasteiger partial charge on any atom is 0.144 e. The van der Waals surface area contributed by atoms with E-state index in [-0.39, 0.29) is 21.8 Å². The number of benzene rings is 1. The highest BCUT2D eigenvalue weighted by molar-refractivity contribution is 6.30. The third kappa shape index (κ3) is 4.67. The van der Waals surface area contributed by atoms with Crippen molar-refractivity contribution >= 4 is 11.6 Å². The standard InChI is InChI=1S/C17H25ClFNO/c1-16(2,3)20-12-17(7-9-21-10-8-17)11-13-5-4-6-14(18)15(13)19/h4-6,20H,7-12H2,1-3H3. The molecule has 1 aliphatic rings. The van der Waals surface area contributed by atoms with E-state index >= 15 is 0 Å². The van der Waals surface area contributed by atoms with Gasteiger partial charge in [0.25, 0.3) is 0 Å². The lowest BCUT2D eigenvalue weighted by Crippen LogP contribution is -2.47. The second-order valence-electron chi connectivity index (χ2n) is 7.11. The molecule has 2 rings (SSSR count). The van der Waals surface area contributed by atoms with Gasteiger partial charge < -0.3 is 10.1 Å². The molecule has 0 atom stereocenters. The molecule has 4 heteroatoms. The van der Waals surface area contributed by atoms with Gasteiger partial charge in [0.1, 0.15) is 5.82 Å². The first-order valence-electron chi connectivity index (χ1n) is 7.57. The van der Waals surface area contributed by atoms with Crippen molar-refractivity contribution in [1.82, 2.24) is 5.32 Å². The maximum absolute atomic E-state index is 14.2. The van der Waals surface area contributed by atoms with E-state index in [1.807, 2.05) is 12.1 Å². The summed E-state index contributed by atoms with van der Waals surface area (Å²) in [7, 11) is 0. The van der Waals surface area contributed by atoms with Crippen molar-refractivity contribution < 1.29 is 9.13 Å². The Kier molecular flexibility index (Phi) is 5.29. The minimum absolute atomic E-state index is 0.0387. The Morgan fingerprint density at radius 1 is 1.29 bits per heavy atom. The Balaban J connectivity index is 2.17. The minimum atomic E-state index is -0.277. The third-order valence-electron chi connectivity index (χ3n) is 4.14. The van der Waals surface area contributed by atoms with Crippen LogP contribution in [0.25, 0.3) is 0 Å². The molecule has 0 bridgehead atoms. The normalized spacial score (nSPS) is 18.7. The molecule has 0 saturated carbocycles. The average Bonchev–Trinajstić information content (AvgIpc) is 2.42. The highest BCUT2D eigenvalue weighted by Gasteiger charge is 2.34. The maximum atomic E-state index is 14.2. The minimum Gasteiger partial charge on any atom is -0.381 e. The summed E-state index contributed by atoms with van der Waals surface area (Å²) in [6.45, 7) is 8.81. The van der Waals surface area contributed by atoms with Gasteiger partial charge in [-0.3, -0.25) is 0 Å². The van der Waals surface area contributed by atoms with E-state index in [1.54, 1.807) is 6.07 Å². The van der Waals surface area contributed by atoms with Crippen LogP contribution in [0.5, 0.6) is 0 Å². The molecule has 118 valence electrons. The van der Waals surface area contributed by atoms with Crippen molar-refractivity contribution in [3.63, 3.8) is 0 Å². The van der Waals surface area contributed by atoms with Crippen LogP contribution in [0.1, 0.15) is 39.2 Å². The molecule has 1 aromatic rings. The highest BCUT2D eigenvalue weighted by Crippen LogP contribution is 2.35. The number of rotatable bonds is 4. The fourth-order valence-electron chi connectivity index (χ4n) is 2.76. The van der Waals surface area contributed by atoms with Crippen molar-refractivity contribution in [2.45, 2.75) is 45.6 Å². The molecular formula is C17H25ClFNO. The van der Waals surface area contributed by atoms with Gasteiger partial charge in [-0.2, -0.15) is 0 Å². The summed E-state index contributed by atoms with van der Waals surface area (Å²) >= 11 is 5.91. The lowest BCUT2D eigenvalue weighted by Gasteiger charge is -2.40. The summed E-state index contributed by atoms with van der Waals surface area (Å²) < 4.78 is 19.7. The van der Waals surface area contributed by atoms with E-state index in [0.29, 0.717) is 12.0 Å². The number of hydrogen-bond acceptors (Lipinski definition) is 2. The molecule has 1 heterocycles. The van der Waals surface area contributed by atoms with Crippen LogP contribution in [0.15, 0.2) is 18.2 Å². The van der Waals surface area contributed by atoms with Crippen molar-refractivity contribution in [3.8, 4) is 0 Å². The monoisotopic (exact) mass is 313 g/mol. The van der Waals surface area contributed by atoms with E-state index in [1.165, 1.54) is 0 Å². The Morgan fingerprint density at radius 3 is 2.57 bits per heavy atom. The molecule has 1 fully saturated rings. The first kappa shape index (κ1) is 16.7. The summed E-state index contributed by atoms with van der Waals surface area (Å²) in [5, 5.41) is 3.78. The Hall–Kier alpha value is -0.640. The van der Waals surface area contributed by atoms with E-state index in [9.17, 15) is 4.39 Å². The fraction of sp³-hybridized carbons (Fsp3) is 0.647. The Labute approximate surface area is 132 Å².